The van der Waals surface area contributed by atoms with Gasteiger partial charge in [0, 0.05) is 18.7 Å². The SMILES string of the molecule is CCN(CC)C(=O)C(C)Oc1c(Br)cc(C=O)cc1OC. The van der Waals surface area contributed by atoms with Gasteiger partial charge < -0.3 is 14.4 Å². The van der Waals surface area contributed by atoms with Gasteiger partial charge >= 0.3 is 0 Å². The van der Waals surface area contributed by atoms with Crippen molar-refractivity contribution in [2.75, 3.05) is 20.2 Å². The first-order valence-corrected chi connectivity index (χ1v) is 7.55. The summed E-state index contributed by atoms with van der Waals surface area (Å²) in [6.45, 7) is 6.80. The van der Waals surface area contributed by atoms with Crippen molar-refractivity contribution in [3.63, 3.8) is 0 Å². The third-order valence-electron chi connectivity index (χ3n) is 3.11. The Balaban J connectivity index is 3.01. The zero-order valence-electron chi connectivity index (χ0n) is 12.7. The van der Waals surface area contributed by atoms with Crippen LogP contribution in [0.15, 0.2) is 16.6 Å². The van der Waals surface area contributed by atoms with E-state index >= 15 is 0 Å². The maximum Gasteiger partial charge on any atom is 0.263 e. The van der Waals surface area contributed by atoms with Crippen molar-refractivity contribution in [2.45, 2.75) is 26.9 Å². The first-order valence-electron chi connectivity index (χ1n) is 6.76. The van der Waals surface area contributed by atoms with E-state index in [4.69, 9.17) is 9.47 Å². The summed E-state index contributed by atoms with van der Waals surface area (Å²) in [5.41, 5.74) is 0.466. The number of carbonyl (C=O) groups is 2. The van der Waals surface area contributed by atoms with E-state index in [0.717, 1.165) is 6.29 Å². The Hall–Kier alpha value is -1.56. The monoisotopic (exact) mass is 357 g/mol. The van der Waals surface area contributed by atoms with Crippen LogP contribution in [-0.2, 0) is 4.79 Å². The summed E-state index contributed by atoms with van der Waals surface area (Å²) in [5, 5.41) is 0. The zero-order chi connectivity index (χ0) is 16.0. The van der Waals surface area contributed by atoms with Gasteiger partial charge in [0.25, 0.3) is 5.91 Å². The molecule has 1 aromatic carbocycles. The van der Waals surface area contributed by atoms with Crippen LogP contribution < -0.4 is 9.47 Å². The van der Waals surface area contributed by atoms with Gasteiger partial charge in [-0.3, -0.25) is 9.59 Å². The molecular weight excluding hydrogens is 338 g/mol. The third-order valence-corrected chi connectivity index (χ3v) is 3.69. The van der Waals surface area contributed by atoms with E-state index < -0.39 is 6.10 Å². The molecule has 1 atom stereocenters. The Labute approximate surface area is 133 Å². The fraction of sp³-hybridized carbons (Fsp3) is 0.467. The maximum absolute atomic E-state index is 12.2. The smallest absolute Gasteiger partial charge is 0.263 e. The van der Waals surface area contributed by atoms with Gasteiger partial charge in [-0.05, 0) is 48.8 Å². The fourth-order valence-corrected chi connectivity index (χ4v) is 2.49. The number of hydrogen-bond acceptors (Lipinski definition) is 4. The predicted molar refractivity (Wildman–Crippen MR) is 84.1 cm³/mol. The molecule has 1 rings (SSSR count). The van der Waals surface area contributed by atoms with E-state index in [1.54, 1.807) is 24.0 Å². The topological polar surface area (TPSA) is 55.8 Å². The molecule has 6 heteroatoms. The highest BCUT2D eigenvalue weighted by Crippen LogP contribution is 2.37. The number of likely N-dealkylation sites (N-methyl/N-ethyl adjacent to an activating group) is 1. The van der Waals surface area contributed by atoms with Crippen molar-refractivity contribution in [2.24, 2.45) is 0 Å². The molecule has 21 heavy (non-hydrogen) atoms. The Morgan fingerprint density at radius 2 is 2.00 bits per heavy atom. The van der Waals surface area contributed by atoms with Crippen LogP contribution in [0.3, 0.4) is 0 Å². The second-order valence-corrected chi connectivity index (χ2v) is 5.28. The lowest BCUT2D eigenvalue weighted by atomic mass is 10.2. The van der Waals surface area contributed by atoms with Crippen molar-refractivity contribution < 1.29 is 19.1 Å². The van der Waals surface area contributed by atoms with Gasteiger partial charge in [0.05, 0.1) is 11.6 Å². The molecule has 0 radical (unpaired) electrons. The average Bonchev–Trinajstić information content (AvgIpc) is 2.49. The van der Waals surface area contributed by atoms with Crippen molar-refractivity contribution in [1.82, 2.24) is 4.90 Å². The average molecular weight is 358 g/mol. The summed E-state index contributed by atoms with van der Waals surface area (Å²) >= 11 is 3.34. The second kappa shape index (κ2) is 8.02. The van der Waals surface area contributed by atoms with E-state index in [1.165, 1.54) is 7.11 Å². The number of benzene rings is 1. The highest BCUT2D eigenvalue weighted by Gasteiger charge is 2.22. The minimum atomic E-state index is -0.641. The second-order valence-electron chi connectivity index (χ2n) is 4.42. The number of hydrogen-bond donors (Lipinski definition) is 0. The first kappa shape index (κ1) is 17.5. The molecule has 0 saturated heterocycles. The lowest BCUT2D eigenvalue weighted by molar-refractivity contribution is -0.137. The van der Waals surface area contributed by atoms with Gasteiger partial charge in [-0.25, -0.2) is 0 Å². The molecular formula is C15H20BrNO4. The molecule has 0 aromatic heterocycles. The lowest BCUT2D eigenvalue weighted by Gasteiger charge is -2.24. The van der Waals surface area contributed by atoms with Crippen LogP contribution in [0.1, 0.15) is 31.1 Å². The predicted octanol–water partition coefficient (Wildman–Crippen LogP) is 2.91. The van der Waals surface area contributed by atoms with Crippen LogP contribution in [-0.4, -0.2) is 43.4 Å². The van der Waals surface area contributed by atoms with E-state index in [-0.39, 0.29) is 5.91 Å². The molecule has 0 aliphatic heterocycles. The van der Waals surface area contributed by atoms with Crippen molar-refractivity contribution >= 4 is 28.1 Å². The molecule has 0 N–H and O–H groups in total. The highest BCUT2D eigenvalue weighted by atomic mass is 79.9. The Morgan fingerprint density at radius 1 is 1.38 bits per heavy atom. The molecule has 0 spiro atoms. The van der Waals surface area contributed by atoms with Crippen molar-refractivity contribution in [3.05, 3.63) is 22.2 Å². The number of carbonyl (C=O) groups excluding carboxylic acids is 2. The normalized spacial score (nSPS) is 11.7. The number of amides is 1. The fourth-order valence-electron chi connectivity index (χ4n) is 1.94. The molecule has 0 aliphatic rings. The first-order chi connectivity index (χ1) is 9.98. The van der Waals surface area contributed by atoms with Gasteiger partial charge in [0.2, 0.25) is 0 Å². The van der Waals surface area contributed by atoms with Crippen LogP contribution in [0, 0.1) is 0 Å². The van der Waals surface area contributed by atoms with Crippen LogP contribution >= 0.6 is 15.9 Å². The van der Waals surface area contributed by atoms with Gasteiger partial charge in [-0.2, -0.15) is 0 Å². The van der Waals surface area contributed by atoms with Crippen molar-refractivity contribution in [3.8, 4) is 11.5 Å². The summed E-state index contributed by atoms with van der Waals surface area (Å²) in [6, 6.07) is 3.20. The molecule has 0 bridgehead atoms. The molecule has 0 aliphatic carbocycles. The van der Waals surface area contributed by atoms with Gasteiger partial charge in [-0.1, -0.05) is 0 Å². The van der Waals surface area contributed by atoms with Crippen LogP contribution in [0.25, 0.3) is 0 Å². The molecule has 116 valence electrons. The van der Waals surface area contributed by atoms with Crippen LogP contribution in [0.5, 0.6) is 11.5 Å². The Kier molecular flexibility index (Phi) is 6.68. The summed E-state index contributed by atoms with van der Waals surface area (Å²) in [5.74, 6) is 0.732. The molecule has 1 aromatic rings. The molecule has 1 amide bonds. The summed E-state index contributed by atoms with van der Waals surface area (Å²) in [4.78, 5) is 24.8. The standard InChI is InChI=1S/C15H20BrNO4/c1-5-17(6-2)15(19)10(3)21-14-12(16)7-11(9-18)8-13(14)20-4/h7-10H,5-6H2,1-4H3. The number of halogens is 1. The van der Waals surface area contributed by atoms with Gasteiger partial charge in [0.15, 0.2) is 17.6 Å². The van der Waals surface area contributed by atoms with E-state index in [0.29, 0.717) is 34.6 Å². The molecule has 5 nitrogen and oxygen atoms in total. The van der Waals surface area contributed by atoms with E-state index in [1.807, 2.05) is 13.8 Å². The molecule has 0 fully saturated rings. The molecule has 0 saturated carbocycles. The number of ether oxygens (including phenoxy) is 2. The summed E-state index contributed by atoms with van der Waals surface area (Å²) in [6.07, 6.45) is 0.0823. The summed E-state index contributed by atoms with van der Waals surface area (Å²) < 4.78 is 11.5. The van der Waals surface area contributed by atoms with Gasteiger partial charge in [-0.15, -0.1) is 0 Å². The lowest BCUT2D eigenvalue weighted by Crippen LogP contribution is -2.40. The van der Waals surface area contributed by atoms with Crippen LogP contribution in [0.4, 0.5) is 0 Å². The molecule has 0 heterocycles. The largest absolute Gasteiger partial charge is 0.493 e. The van der Waals surface area contributed by atoms with Crippen molar-refractivity contribution in [1.29, 1.82) is 0 Å². The number of aldehydes is 1. The Bertz CT molecular complexity index is 515. The van der Waals surface area contributed by atoms with Gasteiger partial charge in [0.1, 0.15) is 6.29 Å². The number of rotatable bonds is 7. The van der Waals surface area contributed by atoms with Crippen LogP contribution in [0.2, 0.25) is 0 Å². The Morgan fingerprint density at radius 3 is 2.48 bits per heavy atom. The third kappa shape index (κ3) is 4.20. The number of methoxy groups -OCH3 is 1. The highest BCUT2D eigenvalue weighted by molar-refractivity contribution is 9.10. The minimum Gasteiger partial charge on any atom is -0.493 e. The van der Waals surface area contributed by atoms with E-state index in [9.17, 15) is 9.59 Å². The minimum absolute atomic E-state index is 0.0894. The van der Waals surface area contributed by atoms with E-state index in [2.05, 4.69) is 15.9 Å². The number of nitrogens with zero attached hydrogens (tertiary/aromatic N) is 1. The quantitative estimate of drug-likeness (QED) is 0.704. The maximum atomic E-state index is 12.2. The molecule has 1 unspecified atom stereocenters. The summed E-state index contributed by atoms with van der Waals surface area (Å²) in [7, 11) is 1.49. The zero-order valence-corrected chi connectivity index (χ0v) is 14.3.